The molecule has 0 radical (unpaired) electrons. The summed E-state index contributed by atoms with van der Waals surface area (Å²) in [6.45, 7) is 10.7. The van der Waals surface area contributed by atoms with Gasteiger partial charge in [-0.25, -0.2) is 0 Å². The zero-order valence-electron chi connectivity index (χ0n) is 12.6. The Bertz CT molecular complexity index is 446. The minimum atomic E-state index is 0.276. The molecule has 0 bridgehead atoms. The van der Waals surface area contributed by atoms with E-state index in [2.05, 4.69) is 24.8 Å². The Morgan fingerprint density at radius 1 is 1.21 bits per heavy atom. The molecule has 1 aliphatic rings. The summed E-state index contributed by atoms with van der Waals surface area (Å²) in [4.78, 5) is 14.7. The van der Waals surface area contributed by atoms with Crippen molar-refractivity contribution in [2.24, 2.45) is 5.92 Å². The average molecular weight is 259 g/mol. The predicted octanol–water partition coefficient (Wildman–Crippen LogP) is 3.61. The molecule has 1 saturated heterocycles. The summed E-state index contributed by atoms with van der Waals surface area (Å²) in [5.41, 5.74) is 3.22. The lowest BCUT2D eigenvalue weighted by Crippen LogP contribution is -2.29. The fourth-order valence-corrected chi connectivity index (χ4v) is 3.22. The summed E-state index contributed by atoms with van der Waals surface area (Å²) in [7, 11) is 0. The number of likely N-dealkylation sites (tertiary alicyclic amines) is 1. The summed E-state index contributed by atoms with van der Waals surface area (Å²) in [5.74, 6) is 1.05. The van der Waals surface area contributed by atoms with Crippen LogP contribution in [-0.2, 0) is 0 Å². The van der Waals surface area contributed by atoms with Gasteiger partial charge in [0.2, 0.25) is 0 Å². The number of rotatable bonds is 4. The zero-order chi connectivity index (χ0) is 14.0. The summed E-state index contributed by atoms with van der Waals surface area (Å²) < 4.78 is 0. The molecule has 2 atom stereocenters. The lowest BCUT2D eigenvalue weighted by molar-refractivity contribution is 0.0962. The zero-order valence-corrected chi connectivity index (χ0v) is 12.6. The van der Waals surface area contributed by atoms with Crippen LogP contribution in [0.4, 0.5) is 0 Å². The molecule has 2 rings (SSSR count). The number of hydrogen-bond donors (Lipinski definition) is 0. The molecule has 19 heavy (non-hydrogen) atoms. The lowest BCUT2D eigenvalue weighted by Gasteiger charge is -2.20. The maximum atomic E-state index is 12.3. The highest BCUT2D eigenvalue weighted by Crippen LogP contribution is 2.22. The van der Waals surface area contributed by atoms with Gasteiger partial charge in [0.05, 0.1) is 0 Å². The van der Waals surface area contributed by atoms with Crippen LogP contribution in [0.1, 0.15) is 48.2 Å². The highest BCUT2D eigenvalue weighted by Gasteiger charge is 2.26. The first kappa shape index (κ1) is 14.3. The third-order valence-corrected chi connectivity index (χ3v) is 4.08. The monoisotopic (exact) mass is 259 g/mol. The van der Waals surface area contributed by atoms with Gasteiger partial charge in [-0.05, 0) is 45.2 Å². The number of nitrogens with zero attached hydrogens (tertiary/aromatic N) is 1. The van der Waals surface area contributed by atoms with Gasteiger partial charge in [0.15, 0.2) is 5.78 Å². The number of carbonyl (C=O) groups excluding carboxylic acids is 1. The van der Waals surface area contributed by atoms with Crippen LogP contribution in [0.2, 0.25) is 0 Å². The van der Waals surface area contributed by atoms with Gasteiger partial charge >= 0.3 is 0 Å². The Balaban J connectivity index is 1.94. The molecule has 1 fully saturated rings. The fourth-order valence-electron chi connectivity index (χ4n) is 3.22. The Morgan fingerprint density at radius 3 is 2.37 bits per heavy atom. The standard InChI is InChI=1S/C17H25NO/c1-12-7-13(2)10-16(9-12)17(19)5-6-18-11-14(3)8-15(18)4/h7,9-10,14-15H,5-6,8,11H2,1-4H3. The molecule has 104 valence electrons. The van der Waals surface area contributed by atoms with Crippen LogP contribution in [0.15, 0.2) is 18.2 Å². The molecule has 1 aromatic carbocycles. The summed E-state index contributed by atoms with van der Waals surface area (Å²) in [6, 6.07) is 6.75. The van der Waals surface area contributed by atoms with E-state index in [1.807, 2.05) is 26.0 Å². The molecule has 2 unspecified atom stereocenters. The van der Waals surface area contributed by atoms with E-state index in [1.165, 1.54) is 17.5 Å². The SMILES string of the molecule is Cc1cc(C)cc(C(=O)CCN2CC(C)CC2C)c1. The van der Waals surface area contributed by atoms with Gasteiger partial charge in [0, 0.05) is 31.1 Å². The topological polar surface area (TPSA) is 20.3 Å². The normalized spacial score (nSPS) is 23.8. The third kappa shape index (κ3) is 3.66. The number of aryl methyl sites for hydroxylation is 2. The van der Waals surface area contributed by atoms with Crippen molar-refractivity contribution in [2.45, 2.75) is 46.6 Å². The van der Waals surface area contributed by atoms with E-state index < -0.39 is 0 Å². The average Bonchev–Trinajstić information content (AvgIpc) is 2.63. The van der Waals surface area contributed by atoms with Gasteiger partial charge in [-0.1, -0.05) is 24.1 Å². The Morgan fingerprint density at radius 2 is 1.84 bits per heavy atom. The molecular weight excluding hydrogens is 234 g/mol. The lowest BCUT2D eigenvalue weighted by atomic mass is 10.0. The van der Waals surface area contributed by atoms with Crippen LogP contribution in [0, 0.1) is 19.8 Å². The van der Waals surface area contributed by atoms with E-state index >= 15 is 0 Å². The molecule has 1 heterocycles. The number of Topliss-reactive ketones (excluding diaryl/α,β-unsaturated/α-hetero) is 1. The van der Waals surface area contributed by atoms with E-state index in [-0.39, 0.29) is 5.78 Å². The van der Waals surface area contributed by atoms with Crippen LogP contribution in [0.3, 0.4) is 0 Å². The van der Waals surface area contributed by atoms with Gasteiger partial charge in [-0.3, -0.25) is 9.69 Å². The molecule has 0 amide bonds. The maximum absolute atomic E-state index is 12.3. The first-order valence-corrected chi connectivity index (χ1v) is 7.31. The summed E-state index contributed by atoms with van der Waals surface area (Å²) in [6.07, 6.45) is 1.90. The largest absolute Gasteiger partial charge is 0.300 e. The van der Waals surface area contributed by atoms with Crippen LogP contribution in [0.5, 0.6) is 0 Å². The van der Waals surface area contributed by atoms with Crippen molar-refractivity contribution in [3.05, 3.63) is 34.9 Å². The molecule has 0 aliphatic carbocycles. The first-order valence-electron chi connectivity index (χ1n) is 7.31. The van der Waals surface area contributed by atoms with Crippen molar-refractivity contribution in [1.82, 2.24) is 4.90 Å². The molecule has 0 N–H and O–H groups in total. The fraction of sp³-hybridized carbons (Fsp3) is 0.588. The van der Waals surface area contributed by atoms with E-state index in [0.29, 0.717) is 12.5 Å². The first-order chi connectivity index (χ1) is 8.95. The van der Waals surface area contributed by atoms with Crippen LogP contribution >= 0.6 is 0 Å². The number of hydrogen-bond acceptors (Lipinski definition) is 2. The summed E-state index contributed by atoms with van der Waals surface area (Å²) >= 11 is 0. The number of ketones is 1. The highest BCUT2D eigenvalue weighted by molar-refractivity contribution is 5.96. The molecule has 2 heteroatoms. The number of benzene rings is 1. The Kier molecular flexibility index (Phi) is 4.41. The van der Waals surface area contributed by atoms with Crippen LogP contribution < -0.4 is 0 Å². The smallest absolute Gasteiger partial charge is 0.164 e. The maximum Gasteiger partial charge on any atom is 0.164 e. The van der Waals surface area contributed by atoms with Crippen molar-refractivity contribution in [2.75, 3.05) is 13.1 Å². The van der Waals surface area contributed by atoms with Gasteiger partial charge in [-0.15, -0.1) is 0 Å². The second-order valence-electron chi connectivity index (χ2n) is 6.23. The third-order valence-electron chi connectivity index (χ3n) is 4.08. The molecule has 0 spiro atoms. The quantitative estimate of drug-likeness (QED) is 0.770. The van der Waals surface area contributed by atoms with Gasteiger partial charge in [0.25, 0.3) is 0 Å². The van der Waals surface area contributed by atoms with Gasteiger partial charge in [-0.2, -0.15) is 0 Å². The second kappa shape index (κ2) is 5.87. The van der Waals surface area contributed by atoms with Gasteiger partial charge < -0.3 is 0 Å². The van der Waals surface area contributed by atoms with Crippen LogP contribution in [-0.4, -0.2) is 29.8 Å². The molecule has 0 aromatic heterocycles. The predicted molar refractivity (Wildman–Crippen MR) is 79.7 cm³/mol. The van der Waals surface area contributed by atoms with Crippen LogP contribution in [0.25, 0.3) is 0 Å². The highest BCUT2D eigenvalue weighted by atomic mass is 16.1. The number of carbonyl (C=O) groups is 1. The minimum absolute atomic E-state index is 0.276. The second-order valence-corrected chi connectivity index (χ2v) is 6.23. The Labute approximate surface area is 116 Å². The molecule has 0 saturated carbocycles. The van der Waals surface area contributed by atoms with Crippen molar-refractivity contribution in [1.29, 1.82) is 0 Å². The van der Waals surface area contributed by atoms with E-state index in [1.54, 1.807) is 0 Å². The Hall–Kier alpha value is -1.15. The van der Waals surface area contributed by atoms with E-state index in [0.717, 1.165) is 24.6 Å². The minimum Gasteiger partial charge on any atom is -0.300 e. The molecular formula is C17H25NO. The van der Waals surface area contributed by atoms with E-state index in [4.69, 9.17) is 0 Å². The van der Waals surface area contributed by atoms with Gasteiger partial charge in [0.1, 0.15) is 0 Å². The summed E-state index contributed by atoms with van der Waals surface area (Å²) in [5, 5.41) is 0. The van der Waals surface area contributed by atoms with Crippen molar-refractivity contribution >= 4 is 5.78 Å². The van der Waals surface area contributed by atoms with Crippen molar-refractivity contribution in [3.8, 4) is 0 Å². The molecule has 1 aliphatic heterocycles. The van der Waals surface area contributed by atoms with Crippen molar-refractivity contribution < 1.29 is 4.79 Å². The molecule has 2 nitrogen and oxygen atoms in total. The van der Waals surface area contributed by atoms with Crippen molar-refractivity contribution in [3.63, 3.8) is 0 Å². The van der Waals surface area contributed by atoms with E-state index in [9.17, 15) is 4.79 Å². The molecule has 1 aromatic rings.